The number of hydrogen-bond donors (Lipinski definition) is 2. The van der Waals surface area contributed by atoms with Gasteiger partial charge in [0.05, 0.1) is 11.1 Å². The van der Waals surface area contributed by atoms with Gasteiger partial charge in [-0.15, -0.1) is 0 Å². The quantitative estimate of drug-likeness (QED) is 0.315. The number of carboxylic acid groups (broad SMARTS) is 2. The monoisotopic (exact) mass is 484 g/mol. The van der Waals surface area contributed by atoms with E-state index in [2.05, 4.69) is 0 Å². The molecule has 0 aromatic heterocycles. The van der Waals surface area contributed by atoms with Crippen molar-refractivity contribution in [3.05, 3.63) is 142 Å². The van der Waals surface area contributed by atoms with Crippen LogP contribution in [0.2, 0.25) is 0 Å². The van der Waals surface area contributed by atoms with Gasteiger partial charge in [0.15, 0.2) is 0 Å². The van der Waals surface area contributed by atoms with Crippen LogP contribution in [0.5, 0.6) is 0 Å². The third-order valence-corrected chi connectivity index (χ3v) is 7.13. The summed E-state index contributed by atoms with van der Waals surface area (Å²) in [7, 11) is 0. The van der Waals surface area contributed by atoms with Gasteiger partial charge in [-0.3, -0.25) is 0 Å². The van der Waals surface area contributed by atoms with Crippen LogP contribution in [-0.4, -0.2) is 22.2 Å². The minimum Gasteiger partial charge on any atom is -0.478 e. The molecule has 4 nitrogen and oxygen atoms in total. The van der Waals surface area contributed by atoms with Crippen LogP contribution in [0.15, 0.2) is 97.1 Å². The van der Waals surface area contributed by atoms with Gasteiger partial charge in [-0.1, -0.05) is 72.8 Å². The number of halogens is 2. The Morgan fingerprint density at radius 2 is 0.889 bits per heavy atom. The highest BCUT2D eigenvalue weighted by atomic mass is 19.1. The molecule has 4 aromatic carbocycles. The van der Waals surface area contributed by atoms with Crippen molar-refractivity contribution in [1.82, 2.24) is 0 Å². The molecule has 0 heterocycles. The third-order valence-electron chi connectivity index (χ3n) is 7.13. The molecule has 0 spiro atoms. The molecule has 1 aliphatic rings. The Morgan fingerprint density at radius 3 is 1.19 bits per heavy atom. The van der Waals surface area contributed by atoms with Gasteiger partial charge >= 0.3 is 11.9 Å². The Kier molecular flexibility index (Phi) is 6.10. The van der Waals surface area contributed by atoms with Crippen molar-refractivity contribution in [2.45, 2.75) is 23.7 Å². The van der Waals surface area contributed by atoms with E-state index in [0.717, 1.165) is 23.3 Å². The molecule has 6 heteroatoms. The van der Waals surface area contributed by atoms with Gasteiger partial charge in [0.25, 0.3) is 0 Å². The van der Waals surface area contributed by atoms with Crippen molar-refractivity contribution in [2.24, 2.45) is 0 Å². The lowest BCUT2D eigenvalue weighted by atomic mass is 9.49. The molecule has 0 radical (unpaired) electrons. The second-order valence-electron chi connectivity index (χ2n) is 9.01. The van der Waals surface area contributed by atoms with Crippen molar-refractivity contribution >= 4 is 11.9 Å². The van der Waals surface area contributed by atoms with Gasteiger partial charge in [-0.25, -0.2) is 18.4 Å². The maximum atomic E-state index is 15.4. The standard InChI is InChI=1S/C30H22F2O4/c31-23-15-19(29(33)34)11-13-21(23)27-25(17-7-3-1-4-8-17)26(18-9-5-2-6-10-18)28(27)22-14-12-20(30(35)36)16-24(22)32/h1-16,25-28H,(H,33,34)(H,35,36)/t25-,26+,27+,28-. The Labute approximate surface area is 206 Å². The smallest absolute Gasteiger partial charge is 0.335 e. The Hall–Kier alpha value is -4.32. The molecule has 180 valence electrons. The summed E-state index contributed by atoms with van der Waals surface area (Å²) in [6, 6.07) is 26.8. The molecule has 36 heavy (non-hydrogen) atoms. The number of hydrogen-bond acceptors (Lipinski definition) is 2. The fourth-order valence-electron chi connectivity index (χ4n) is 5.56. The van der Waals surface area contributed by atoms with Crippen LogP contribution in [0.1, 0.15) is 66.6 Å². The van der Waals surface area contributed by atoms with Crippen molar-refractivity contribution in [1.29, 1.82) is 0 Å². The van der Waals surface area contributed by atoms with E-state index in [0.29, 0.717) is 11.1 Å². The molecular formula is C30H22F2O4. The van der Waals surface area contributed by atoms with Crippen molar-refractivity contribution in [3.8, 4) is 0 Å². The number of aromatic carboxylic acids is 2. The van der Waals surface area contributed by atoms with E-state index in [9.17, 15) is 19.8 Å². The third kappa shape index (κ3) is 4.05. The lowest BCUT2D eigenvalue weighted by Gasteiger charge is -2.53. The average molecular weight is 484 g/mol. The van der Waals surface area contributed by atoms with E-state index in [1.54, 1.807) is 0 Å². The zero-order valence-electron chi connectivity index (χ0n) is 19.0. The van der Waals surface area contributed by atoms with E-state index in [-0.39, 0.29) is 23.0 Å². The van der Waals surface area contributed by atoms with Gasteiger partial charge in [-0.05, 0) is 58.4 Å². The molecule has 0 unspecified atom stereocenters. The lowest BCUT2D eigenvalue weighted by molar-refractivity contribution is 0.0685. The Balaban J connectivity index is 1.71. The first kappa shape index (κ1) is 23.4. The topological polar surface area (TPSA) is 74.6 Å². The largest absolute Gasteiger partial charge is 0.478 e. The fourth-order valence-corrected chi connectivity index (χ4v) is 5.56. The molecule has 4 aromatic rings. The maximum absolute atomic E-state index is 15.4. The highest BCUT2D eigenvalue weighted by molar-refractivity contribution is 5.88. The van der Waals surface area contributed by atoms with Crippen LogP contribution in [0.3, 0.4) is 0 Å². The molecule has 1 aliphatic carbocycles. The highest BCUT2D eigenvalue weighted by Crippen LogP contribution is 2.67. The van der Waals surface area contributed by atoms with Gasteiger partial charge in [0.1, 0.15) is 11.6 Å². The molecule has 1 fully saturated rings. The number of benzene rings is 4. The number of rotatable bonds is 6. The molecule has 2 N–H and O–H groups in total. The number of carboxylic acids is 2. The average Bonchev–Trinajstić information content (AvgIpc) is 2.86. The fraction of sp³-hybridized carbons (Fsp3) is 0.133. The summed E-state index contributed by atoms with van der Waals surface area (Å²) in [6.45, 7) is 0. The van der Waals surface area contributed by atoms with Gasteiger partial charge in [0.2, 0.25) is 0 Å². The molecular weight excluding hydrogens is 462 g/mol. The van der Waals surface area contributed by atoms with E-state index < -0.39 is 35.4 Å². The zero-order valence-corrected chi connectivity index (χ0v) is 19.0. The second kappa shape index (κ2) is 9.38. The number of carbonyl (C=O) groups is 2. The van der Waals surface area contributed by atoms with Crippen LogP contribution >= 0.6 is 0 Å². The molecule has 0 amide bonds. The van der Waals surface area contributed by atoms with Crippen LogP contribution in [0.25, 0.3) is 0 Å². The normalized spacial score (nSPS) is 20.9. The van der Waals surface area contributed by atoms with E-state index in [4.69, 9.17) is 0 Å². The molecule has 0 saturated heterocycles. The molecule has 1 saturated carbocycles. The summed E-state index contributed by atoms with van der Waals surface area (Å²) in [5.41, 5.74) is 2.18. The van der Waals surface area contributed by atoms with Crippen molar-refractivity contribution in [3.63, 3.8) is 0 Å². The first-order valence-electron chi connectivity index (χ1n) is 11.5. The lowest BCUT2D eigenvalue weighted by Crippen LogP contribution is -2.41. The molecule has 5 rings (SSSR count). The Bertz CT molecular complexity index is 1330. The van der Waals surface area contributed by atoms with E-state index in [1.165, 1.54) is 24.3 Å². The minimum atomic E-state index is -1.23. The second-order valence-corrected chi connectivity index (χ2v) is 9.01. The summed E-state index contributed by atoms with van der Waals surface area (Å²) in [6.07, 6.45) is 0. The minimum absolute atomic E-state index is 0.167. The summed E-state index contributed by atoms with van der Waals surface area (Å²) < 4.78 is 30.9. The van der Waals surface area contributed by atoms with Crippen molar-refractivity contribution in [2.75, 3.05) is 0 Å². The van der Waals surface area contributed by atoms with Gasteiger partial charge < -0.3 is 10.2 Å². The van der Waals surface area contributed by atoms with Gasteiger partial charge in [-0.2, -0.15) is 0 Å². The van der Waals surface area contributed by atoms with Crippen LogP contribution in [0.4, 0.5) is 8.78 Å². The Morgan fingerprint density at radius 1 is 0.528 bits per heavy atom. The van der Waals surface area contributed by atoms with E-state index >= 15 is 8.78 Å². The predicted molar refractivity (Wildman–Crippen MR) is 131 cm³/mol. The first-order chi connectivity index (χ1) is 17.4. The highest BCUT2D eigenvalue weighted by Gasteiger charge is 2.54. The van der Waals surface area contributed by atoms with Gasteiger partial charge in [0, 0.05) is 11.8 Å². The van der Waals surface area contributed by atoms with Crippen LogP contribution < -0.4 is 0 Å². The summed E-state index contributed by atoms with van der Waals surface area (Å²) in [4.78, 5) is 22.8. The van der Waals surface area contributed by atoms with Crippen LogP contribution in [0, 0.1) is 11.6 Å². The SMILES string of the molecule is O=C(O)c1ccc([C@@H]2[C@@H](c3ccccc3)[C@@H](c3ccccc3)[C@@H]2c2ccc(C(=O)O)cc2F)c(F)c1. The molecule has 0 bridgehead atoms. The van der Waals surface area contributed by atoms with E-state index in [1.807, 2.05) is 60.7 Å². The first-order valence-corrected chi connectivity index (χ1v) is 11.5. The molecule has 0 aliphatic heterocycles. The maximum Gasteiger partial charge on any atom is 0.335 e. The zero-order chi connectivity index (χ0) is 25.4. The molecule has 4 atom stereocenters. The summed E-state index contributed by atoms with van der Waals surface area (Å²) in [5, 5.41) is 18.6. The predicted octanol–water partition coefficient (Wildman–Crippen LogP) is 6.81. The van der Waals surface area contributed by atoms with Crippen LogP contribution in [-0.2, 0) is 0 Å². The summed E-state index contributed by atoms with van der Waals surface area (Å²) in [5.74, 6) is -5.26. The summed E-state index contributed by atoms with van der Waals surface area (Å²) >= 11 is 0. The van der Waals surface area contributed by atoms with Crippen molar-refractivity contribution < 1.29 is 28.6 Å².